The van der Waals surface area contributed by atoms with Crippen molar-refractivity contribution in [1.82, 2.24) is 4.98 Å². The lowest BCUT2D eigenvalue weighted by Gasteiger charge is -2.14. The molecule has 0 radical (unpaired) electrons. The molecule has 0 saturated carbocycles. The molecule has 0 spiro atoms. The van der Waals surface area contributed by atoms with Crippen molar-refractivity contribution < 1.29 is 19.0 Å². The van der Waals surface area contributed by atoms with Crippen LogP contribution in [0.5, 0.6) is 17.2 Å². The summed E-state index contributed by atoms with van der Waals surface area (Å²) in [5.41, 5.74) is 1.79. The standard InChI is InChI=1S/C21H19N3O4S/c1-13(28-18-7-5-4-6-14(18)11-22)20(25)24-21-23-17(12-29-21)16-10-15(26-2)8-9-19(16)27-3/h4-10,12-13H,1-3H3,(H,23,24,25). The molecule has 148 valence electrons. The zero-order valence-electron chi connectivity index (χ0n) is 16.1. The summed E-state index contributed by atoms with van der Waals surface area (Å²) >= 11 is 1.29. The van der Waals surface area contributed by atoms with Gasteiger partial charge in [-0.3, -0.25) is 10.1 Å². The fraction of sp³-hybridized carbons (Fsp3) is 0.190. The van der Waals surface area contributed by atoms with Gasteiger partial charge < -0.3 is 14.2 Å². The highest BCUT2D eigenvalue weighted by molar-refractivity contribution is 7.14. The van der Waals surface area contributed by atoms with Crippen LogP contribution < -0.4 is 19.5 Å². The molecular weight excluding hydrogens is 390 g/mol. The van der Waals surface area contributed by atoms with Gasteiger partial charge in [-0.1, -0.05) is 12.1 Å². The number of thiazole rings is 1. The number of hydrogen-bond acceptors (Lipinski definition) is 7. The molecule has 7 nitrogen and oxygen atoms in total. The third-order valence-corrected chi connectivity index (χ3v) is 4.86. The fourth-order valence-electron chi connectivity index (χ4n) is 2.58. The van der Waals surface area contributed by atoms with Crippen LogP contribution in [-0.4, -0.2) is 31.2 Å². The minimum Gasteiger partial charge on any atom is -0.497 e. The van der Waals surface area contributed by atoms with Crippen molar-refractivity contribution in [3.05, 3.63) is 53.4 Å². The number of nitriles is 1. The number of carbonyl (C=O) groups is 1. The predicted molar refractivity (Wildman–Crippen MR) is 111 cm³/mol. The summed E-state index contributed by atoms with van der Waals surface area (Å²) < 4.78 is 16.3. The molecule has 2 aromatic carbocycles. The van der Waals surface area contributed by atoms with E-state index >= 15 is 0 Å². The number of aromatic nitrogens is 1. The fourth-order valence-corrected chi connectivity index (χ4v) is 3.30. The molecule has 8 heteroatoms. The normalized spacial score (nSPS) is 11.2. The number of methoxy groups -OCH3 is 2. The molecule has 1 heterocycles. The summed E-state index contributed by atoms with van der Waals surface area (Å²) in [5.74, 6) is 1.33. The second-order valence-corrected chi connectivity index (χ2v) is 6.82. The van der Waals surface area contributed by atoms with Crippen LogP contribution >= 0.6 is 11.3 Å². The number of nitrogens with zero attached hydrogens (tertiary/aromatic N) is 2. The van der Waals surface area contributed by atoms with E-state index in [1.54, 1.807) is 57.5 Å². The number of ether oxygens (including phenoxy) is 3. The van der Waals surface area contributed by atoms with Crippen LogP contribution in [0, 0.1) is 11.3 Å². The number of hydrogen-bond donors (Lipinski definition) is 1. The zero-order valence-corrected chi connectivity index (χ0v) is 16.9. The smallest absolute Gasteiger partial charge is 0.266 e. The molecule has 1 N–H and O–H groups in total. The predicted octanol–water partition coefficient (Wildman–Crippen LogP) is 4.10. The Morgan fingerprint density at radius 3 is 2.69 bits per heavy atom. The highest BCUT2D eigenvalue weighted by atomic mass is 32.1. The average Bonchev–Trinajstić information content (AvgIpc) is 3.21. The lowest BCUT2D eigenvalue weighted by Crippen LogP contribution is -2.30. The molecule has 3 aromatic rings. The average molecular weight is 409 g/mol. The molecule has 0 aliphatic heterocycles. The quantitative estimate of drug-likeness (QED) is 0.631. The molecule has 1 atom stereocenters. The van der Waals surface area contributed by atoms with Crippen molar-refractivity contribution in [3.63, 3.8) is 0 Å². The third-order valence-electron chi connectivity index (χ3n) is 4.10. The maximum Gasteiger partial charge on any atom is 0.266 e. The molecule has 0 aliphatic carbocycles. The van der Waals surface area contributed by atoms with Crippen molar-refractivity contribution >= 4 is 22.4 Å². The number of rotatable bonds is 7. The summed E-state index contributed by atoms with van der Waals surface area (Å²) in [6, 6.07) is 14.2. The first-order valence-electron chi connectivity index (χ1n) is 8.70. The molecule has 29 heavy (non-hydrogen) atoms. The molecule has 0 saturated heterocycles. The Hall–Kier alpha value is -3.57. The van der Waals surface area contributed by atoms with Crippen molar-refractivity contribution in [1.29, 1.82) is 5.26 Å². The Balaban J connectivity index is 1.73. The number of benzene rings is 2. The molecule has 0 fully saturated rings. The molecular formula is C21H19N3O4S. The van der Waals surface area contributed by atoms with Crippen molar-refractivity contribution in [2.45, 2.75) is 13.0 Å². The number of para-hydroxylation sites is 1. The SMILES string of the molecule is COc1ccc(OC)c(-c2csc(NC(=O)C(C)Oc3ccccc3C#N)n2)c1. The second kappa shape index (κ2) is 9.08. The van der Waals surface area contributed by atoms with Gasteiger partial charge in [0, 0.05) is 10.9 Å². The van der Waals surface area contributed by atoms with E-state index in [1.165, 1.54) is 11.3 Å². The van der Waals surface area contributed by atoms with Crippen LogP contribution in [-0.2, 0) is 4.79 Å². The molecule has 3 rings (SSSR count). The first-order valence-corrected chi connectivity index (χ1v) is 9.58. The first kappa shape index (κ1) is 20.2. The number of amides is 1. The van der Waals surface area contributed by atoms with Gasteiger partial charge in [0.05, 0.1) is 25.5 Å². The van der Waals surface area contributed by atoms with Gasteiger partial charge in [0.15, 0.2) is 11.2 Å². The van der Waals surface area contributed by atoms with Crippen molar-refractivity contribution in [3.8, 4) is 34.6 Å². The largest absolute Gasteiger partial charge is 0.497 e. The zero-order chi connectivity index (χ0) is 20.8. The summed E-state index contributed by atoms with van der Waals surface area (Å²) in [7, 11) is 3.17. The van der Waals surface area contributed by atoms with Gasteiger partial charge in [-0.25, -0.2) is 4.98 Å². The Labute approximate surface area is 172 Å². The summed E-state index contributed by atoms with van der Waals surface area (Å²) in [6.07, 6.45) is -0.803. The summed E-state index contributed by atoms with van der Waals surface area (Å²) in [6.45, 7) is 1.61. The Bertz CT molecular complexity index is 1060. The third kappa shape index (κ3) is 4.65. The van der Waals surface area contributed by atoms with Gasteiger partial charge >= 0.3 is 0 Å². The van der Waals surface area contributed by atoms with Crippen LogP contribution in [0.1, 0.15) is 12.5 Å². The van der Waals surface area contributed by atoms with Crippen molar-refractivity contribution in [2.24, 2.45) is 0 Å². The van der Waals surface area contributed by atoms with Crippen LogP contribution in [0.25, 0.3) is 11.3 Å². The Morgan fingerprint density at radius 2 is 1.97 bits per heavy atom. The van der Waals surface area contributed by atoms with E-state index in [9.17, 15) is 4.79 Å². The highest BCUT2D eigenvalue weighted by Gasteiger charge is 2.19. The van der Waals surface area contributed by atoms with E-state index < -0.39 is 6.10 Å². The molecule has 1 aromatic heterocycles. The highest BCUT2D eigenvalue weighted by Crippen LogP contribution is 2.35. The maximum atomic E-state index is 12.5. The minimum absolute atomic E-state index is 0.360. The van der Waals surface area contributed by atoms with Crippen LogP contribution in [0.3, 0.4) is 0 Å². The number of carbonyl (C=O) groups excluding carboxylic acids is 1. The van der Waals surface area contributed by atoms with Crippen LogP contribution in [0.4, 0.5) is 5.13 Å². The molecule has 1 unspecified atom stereocenters. The van der Waals surface area contributed by atoms with E-state index in [0.29, 0.717) is 33.6 Å². The monoisotopic (exact) mass is 409 g/mol. The first-order chi connectivity index (χ1) is 14.0. The summed E-state index contributed by atoms with van der Waals surface area (Å²) in [5, 5.41) is 14.1. The lowest BCUT2D eigenvalue weighted by atomic mass is 10.1. The molecule has 0 bridgehead atoms. The summed E-state index contributed by atoms with van der Waals surface area (Å²) in [4.78, 5) is 17.0. The van der Waals surface area contributed by atoms with E-state index in [-0.39, 0.29) is 5.91 Å². The van der Waals surface area contributed by atoms with Gasteiger partial charge in [0.2, 0.25) is 0 Å². The van der Waals surface area contributed by atoms with E-state index in [0.717, 1.165) is 5.56 Å². The Morgan fingerprint density at radius 1 is 1.17 bits per heavy atom. The van der Waals surface area contributed by atoms with E-state index in [1.807, 2.05) is 17.5 Å². The lowest BCUT2D eigenvalue weighted by molar-refractivity contribution is -0.122. The van der Waals surface area contributed by atoms with Crippen LogP contribution in [0.2, 0.25) is 0 Å². The van der Waals surface area contributed by atoms with Gasteiger partial charge in [-0.15, -0.1) is 11.3 Å². The van der Waals surface area contributed by atoms with E-state index in [4.69, 9.17) is 19.5 Å². The van der Waals surface area contributed by atoms with Crippen molar-refractivity contribution in [2.75, 3.05) is 19.5 Å². The molecule has 1 amide bonds. The topological polar surface area (TPSA) is 93.5 Å². The molecule has 0 aliphatic rings. The Kier molecular flexibility index (Phi) is 6.32. The van der Waals surface area contributed by atoms with E-state index in [2.05, 4.69) is 10.3 Å². The number of nitrogens with one attached hydrogen (secondary N) is 1. The van der Waals surface area contributed by atoms with Crippen LogP contribution in [0.15, 0.2) is 47.8 Å². The maximum absolute atomic E-state index is 12.5. The minimum atomic E-state index is -0.803. The van der Waals surface area contributed by atoms with Gasteiger partial charge in [-0.05, 0) is 37.3 Å². The van der Waals surface area contributed by atoms with Gasteiger partial charge in [0.1, 0.15) is 23.3 Å². The second-order valence-electron chi connectivity index (χ2n) is 5.96. The number of anilines is 1. The van der Waals surface area contributed by atoms with Gasteiger partial charge in [0.25, 0.3) is 5.91 Å². The van der Waals surface area contributed by atoms with Gasteiger partial charge in [-0.2, -0.15) is 5.26 Å².